The van der Waals surface area contributed by atoms with Crippen molar-refractivity contribution in [3.05, 3.63) is 42.0 Å². The van der Waals surface area contributed by atoms with Gasteiger partial charge in [0.05, 0.1) is 0 Å². The van der Waals surface area contributed by atoms with E-state index in [1.54, 1.807) is 0 Å². The Bertz CT molecular complexity index is 667. The van der Waals surface area contributed by atoms with Gasteiger partial charge >= 0.3 is 0 Å². The fourth-order valence-electron chi connectivity index (χ4n) is 3.74. The third-order valence-electron chi connectivity index (χ3n) is 5.29. The lowest BCUT2D eigenvalue weighted by Gasteiger charge is -2.37. The van der Waals surface area contributed by atoms with Crippen molar-refractivity contribution in [3.8, 4) is 0 Å². The van der Waals surface area contributed by atoms with Crippen LogP contribution in [0.1, 0.15) is 45.6 Å². The maximum atomic E-state index is 2.63. The van der Waals surface area contributed by atoms with Crippen LogP contribution in [0, 0.1) is 5.92 Å². The van der Waals surface area contributed by atoms with Gasteiger partial charge in [-0.3, -0.25) is 4.90 Å². The molecular formula is C22H32N2. The molecule has 1 heterocycles. The minimum absolute atomic E-state index is 0.567. The molecule has 0 N–H and O–H groups in total. The van der Waals surface area contributed by atoms with Crippen molar-refractivity contribution >= 4 is 16.5 Å². The largest absolute Gasteiger partial charge is 0.368 e. The first-order valence-corrected chi connectivity index (χ1v) is 9.55. The maximum absolute atomic E-state index is 2.63. The molecule has 0 saturated carbocycles. The SMILES string of the molecule is CC(C)CCN1CCN(c2ccc(C(C)C)c3ccccc23)CC1. The molecule has 2 nitrogen and oxygen atoms in total. The van der Waals surface area contributed by atoms with Gasteiger partial charge in [0.1, 0.15) is 0 Å². The highest BCUT2D eigenvalue weighted by atomic mass is 15.3. The van der Waals surface area contributed by atoms with Crippen molar-refractivity contribution in [1.82, 2.24) is 4.90 Å². The summed E-state index contributed by atoms with van der Waals surface area (Å²) in [5.41, 5.74) is 2.88. The average molecular weight is 325 g/mol. The normalized spacial score (nSPS) is 16.5. The van der Waals surface area contributed by atoms with Gasteiger partial charge in [-0.15, -0.1) is 0 Å². The van der Waals surface area contributed by atoms with Crippen LogP contribution in [-0.4, -0.2) is 37.6 Å². The predicted octanol–water partition coefficient (Wildman–Crippen LogP) is 5.13. The Balaban J connectivity index is 1.78. The van der Waals surface area contributed by atoms with Gasteiger partial charge in [-0.05, 0) is 41.8 Å². The van der Waals surface area contributed by atoms with E-state index in [0.29, 0.717) is 5.92 Å². The van der Waals surface area contributed by atoms with Gasteiger partial charge in [0.25, 0.3) is 0 Å². The van der Waals surface area contributed by atoms with E-state index < -0.39 is 0 Å². The van der Waals surface area contributed by atoms with Crippen LogP contribution in [-0.2, 0) is 0 Å². The lowest BCUT2D eigenvalue weighted by molar-refractivity contribution is 0.244. The summed E-state index contributed by atoms with van der Waals surface area (Å²) in [6, 6.07) is 13.6. The van der Waals surface area contributed by atoms with Crippen molar-refractivity contribution < 1.29 is 0 Å². The number of fused-ring (bicyclic) bond motifs is 1. The molecule has 0 radical (unpaired) electrons. The van der Waals surface area contributed by atoms with E-state index in [4.69, 9.17) is 0 Å². The van der Waals surface area contributed by atoms with Crippen LogP contribution in [0.4, 0.5) is 5.69 Å². The number of hydrogen-bond donors (Lipinski definition) is 0. The monoisotopic (exact) mass is 324 g/mol. The Hall–Kier alpha value is -1.54. The van der Waals surface area contributed by atoms with Crippen molar-refractivity contribution in [2.24, 2.45) is 5.92 Å². The number of hydrogen-bond acceptors (Lipinski definition) is 2. The van der Waals surface area contributed by atoms with Gasteiger partial charge in [-0.2, -0.15) is 0 Å². The first-order valence-electron chi connectivity index (χ1n) is 9.55. The molecule has 0 amide bonds. The van der Waals surface area contributed by atoms with Gasteiger partial charge in [-0.1, -0.05) is 58.0 Å². The summed E-state index contributed by atoms with van der Waals surface area (Å²) in [7, 11) is 0. The highest BCUT2D eigenvalue weighted by molar-refractivity contribution is 5.96. The van der Waals surface area contributed by atoms with E-state index in [1.807, 2.05) is 0 Å². The van der Waals surface area contributed by atoms with Gasteiger partial charge < -0.3 is 4.90 Å². The number of piperazine rings is 1. The minimum Gasteiger partial charge on any atom is -0.368 e. The molecule has 3 rings (SSSR count). The average Bonchev–Trinajstić information content (AvgIpc) is 2.59. The van der Waals surface area contributed by atoms with Crippen molar-refractivity contribution in [2.75, 3.05) is 37.6 Å². The second-order valence-electron chi connectivity index (χ2n) is 7.89. The molecule has 0 bridgehead atoms. The summed E-state index contributed by atoms with van der Waals surface area (Å²) < 4.78 is 0. The van der Waals surface area contributed by atoms with Crippen molar-refractivity contribution in [3.63, 3.8) is 0 Å². The first kappa shape index (κ1) is 17.3. The summed E-state index contributed by atoms with van der Waals surface area (Å²) in [6.45, 7) is 15.1. The molecule has 0 aliphatic carbocycles. The smallest absolute Gasteiger partial charge is 0.0446 e. The molecule has 24 heavy (non-hydrogen) atoms. The van der Waals surface area contributed by atoms with Crippen molar-refractivity contribution in [2.45, 2.75) is 40.0 Å². The fourth-order valence-corrected chi connectivity index (χ4v) is 3.74. The molecule has 1 aliphatic rings. The molecule has 0 atom stereocenters. The molecule has 0 aromatic heterocycles. The van der Waals surface area contributed by atoms with Gasteiger partial charge in [0, 0.05) is 37.3 Å². The molecule has 1 fully saturated rings. The summed E-state index contributed by atoms with van der Waals surface area (Å²) >= 11 is 0. The summed E-state index contributed by atoms with van der Waals surface area (Å²) in [4.78, 5) is 5.21. The zero-order chi connectivity index (χ0) is 17.1. The maximum Gasteiger partial charge on any atom is 0.0446 e. The number of benzene rings is 2. The van der Waals surface area contributed by atoms with Crippen LogP contribution in [0.5, 0.6) is 0 Å². The topological polar surface area (TPSA) is 6.48 Å². The second kappa shape index (κ2) is 7.57. The molecule has 2 aromatic carbocycles. The fraction of sp³-hybridized carbons (Fsp3) is 0.545. The molecule has 0 unspecified atom stereocenters. The Morgan fingerprint density at radius 3 is 2.12 bits per heavy atom. The number of nitrogens with zero attached hydrogens (tertiary/aromatic N) is 2. The second-order valence-corrected chi connectivity index (χ2v) is 7.89. The van der Waals surface area contributed by atoms with Crippen LogP contribution in [0.3, 0.4) is 0 Å². The van der Waals surface area contributed by atoms with Crippen molar-refractivity contribution in [1.29, 1.82) is 0 Å². The standard InChI is InChI=1S/C22H32N2/c1-17(2)11-12-23-13-15-24(16-14-23)22-10-9-19(18(3)4)20-7-5-6-8-21(20)22/h5-10,17-18H,11-16H2,1-4H3. The Morgan fingerprint density at radius 2 is 1.50 bits per heavy atom. The lowest BCUT2D eigenvalue weighted by Crippen LogP contribution is -2.46. The quantitative estimate of drug-likeness (QED) is 0.752. The highest BCUT2D eigenvalue weighted by Crippen LogP contribution is 2.33. The molecule has 0 spiro atoms. The van der Waals surface area contributed by atoms with Crippen LogP contribution in [0.2, 0.25) is 0 Å². The summed E-state index contributed by atoms with van der Waals surface area (Å²) in [5.74, 6) is 1.37. The van der Waals surface area contributed by atoms with E-state index >= 15 is 0 Å². The zero-order valence-corrected chi connectivity index (χ0v) is 15.8. The zero-order valence-electron chi connectivity index (χ0n) is 15.8. The number of rotatable bonds is 5. The Morgan fingerprint density at radius 1 is 0.833 bits per heavy atom. The Labute approximate surface area is 147 Å². The van der Waals surface area contributed by atoms with Gasteiger partial charge in [0.15, 0.2) is 0 Å². The molecule has 2 aromatic rings. The minimum atomic E-state index is 0.567. The molecular weight excluding hydrogens is 292 g/mol. The third-order valence-corrected chi connectivity index (χ3v) is 5.29. The van der Waals surface area contributed by atoms with E-state index in [-0.39, 0.29) is 0 Å². The Kier molecular flexibility index (Phi) is 5.45. The molecule has 2 heteroatoms. The van der Waals surface area contributed by atoms with E-state index in [0.717, 1.165) is 19.0 Å². The predicted molar refractivity (Wildman–Crippen MR) is 106 cm³/mol. The highest BCUT2D eigenvalue weighted by Gasteiger charge is 2.19. The van der Waals surface area contributed by atoms with Gasteiger partial charge in [0.2, 0.25) is 0 Å². The summed E-state index contributed by atoms with van der Waals surface area (Å²) in [6.07, 6.45) is 1.31. The van der Waals surface area contributed by atoms with E-state index in [9.17, 15) is 0 Å². The third kappa shape index (κ3) is 3.75. The van der Waals surface area contributed by atoms with E-state index in [2.05, 4.69) is 73.9 Å². The molecule has 130 valence electrons. The van der Waals surface area contributed by atoms with Crippen LogP contribution >= 0.6 is 0 Å². The van der Waals surface area contributed by atoms with E-state index in [1.165, 1.54) is 48.1 Å². The van der Waals surface area contributed by atoms with Crippen LogP contribution in [0.15, 0.2) is 36.4 Å². The number of anilines is 1. The van der Waals surface area contributed by atoms with Crippen LogP contribution in [0.25, 0.3) is 10.8 Å². The molecule has 1 saturated heterocycles. The van der Waals surface area contributed by atoms with Gasteiger partial charge in [-0.25, -0.2) is 0 Å². The lowest BCUT2D eigenvalue weighted by atomic mass is 9.94. The van der Waals surface area contributed by atoms with Crippen LogP contribution < -0.4 is 4.90 Å². The first-order chi connectivity index (χ1) is 11.6. The molecule has 1 aliphatic heterocycles. The summed E-state index contributed by atoms with van der Waals surface area (Å²) in [5, 5.41) is 2.84.